The molecule has 0 radical (unpaired) electrons. The molecular formula is C3H6N3S+. The number of hydrogen-bond donors (Lipinski definition) is 3. The van der Waals surface area contributed by atoms with Crippen LogP contribution in [-0.4, -0.2) is 12.2 Å². The molecule has 3 nitrogen and oxygen atoms in total. The van der Waals surface area contributed by atoms with E-state index in [1.54, 1.807) is 7.05 Å². The zero-order valence-corrected chi connectivity index (χ0v) is 4.72. The van der Waals surface area contributed by atoms with Crippen molar-refractivity contribution in [3.8, 4) is 6.19 Å². The van der Waals surface area contributed by atoms with Crippen LogP contribution >= 0.6 is 12.2 Å². The van der Waals surface area contributed by atoms with E-state index < -0.39 is 0 Å². The van der Waals surface area contributed by atoms with Crippen molar-refractivity contribution in [1.29, 1.82) is 0 Å². The van der Waals surface area contributed by atoms with Crippen LogP contribution in [-0.2, 0) is 0 Å². The van der Waals surface area contributed by atoms with E-state index in [0.717, 1.165) is 0 Å². The monoisotopic (exact) mass is 116 g/mol. The standard InChI is InChI=1S/C3H5N3S/c1-5-3(7)6-2-4/h1H3,(H2,5,6,7)/p+1. The second kappa shape index (κ2) is 3.37. The molecule has 0 aliphatic heterocycles. The zero-order chi connectivity index (χ0) is 5.70. The fraction of sp³-hybridized carbons (Fsp3) is 0.333. The molecule has 0 atom stereocenters. The van der Waals surface area contributed by atoms with Crippen LogP contribution in [0.5, 0.6) is 0 Å². The Morgan fingerprint density at radius 3 is 2.57 bits per heavy atom. The molecule has 0 aromatic heterocycles. The lowest BCUT2D eigenvalue weighted by atomic mass is 11.0. The van der Waals surface area contributed by atoms with Gasteiger partial charge < -0.3 is 5.32 Å². The van der Waals surface area contributed by atoms with Crippen LogP contribution in [0, 0.1) is 6.19 Å². The molecule has 4 heteroatoms. The Morgan fingerprint density at radius 2 is 2.43 bits per heavy atom. The first-order valence-electron chi connectivity index (χ1n) is 1.70. The van der Waals surface area contributed by atoms with Crippen molar-refractivity contribution in [1.82, 2.24) is 10.6 Å². The third-order valence-electron chi connectivity index (χ3n) is 0.403. The van der Waals surface area contributed by atoms with Gasteiger partial charge in [-0.1, -0.05) is 0 Å². The van der Waals surface area contributed by atoms with E-state index in [4.69, 9.17) is 5.26 Å². The van der Waals surface area contributed by atoms with Gasteiger partial charge in [0.05, 0.1) is 0 Å². The highest BCUT2D eigenvalue weighted by atomic mass is 32.1. The average molecular weight is 116 g/mol. The topological polar surface area (TPSA) is 47.9 Å². The van der Waals surface area contributed by atoms with Gasteiger partial charge in [-0.05, 0) is 12.2 Å². The molecule has 0 fully saturated rings. The second-order valence-electron chi connectivity index (χ2n) is 0.829. The Morgan fingerprint density at radius 1 is 1.86 bits per heavy atom. The first kappa shape index (κ1) is 6.18. The van der Waals surface area contributed by atoms with Crippen molar-refractivity contribution in [2.24, 2.45) is 0 Å². The van der Waals surface area contributed by atoms with Gasteiger partial charge in [0.25, 0.3) is 5.11 Å². The molecule has 0 unspecified atom stereocenters. The Hall–Kier alpha value is -0.820. The van der Waals surface area contributed by atoms with Crippen LogP contribution < -0.4 is 15.9 Å². The predicted octanol–water partition coefficient (Wildman–Crippen LogP) is -2.19. The smallest absolute Gasteiger partial charge is 0.346 e. The van der Waals surface area contributed by atoms with Gasteiger partial charge in [0, 0.05) is 7.05 Å². The summed E-state index contributed by atoms with van der Waals surface area (Å²) in [6.45, 7) is 0. The van der Waals surface area contributed by atoms with Gasteiger partial charge in [-0.2, -0.15) is 5.32 Å². The summed E-state index contributed by atoms with van der Waals surface area (Å²) in [7, 11) is 1.67. The molecule has 0 saturated carbocycles. The first-order valence-corrected chi connectivity index (χ1v) is 2.11. The Balaban J connectivity index is 3.23. The van der Waals surface area contributed by atoms with E-state index in [0.29, 0.717) is 5.11 Å². The van der Waals surface area contributed by atoms with E-state index >= 15 is 0 Å². The summed E-state index contributed by atoms with van der Waals surface area (Å²) in [5.74, 6) is 0. The highest BCUT2D eigenvalue weighted by Crippen LogP contribution is 1.54. The largest absolute Gasteiger partial charge is 0.373 e. The Kier molecular flexibility index (Phi) is 2.98. The SMILES string of the molecule is CNC(=S)NC#[NH+]. The summed E-state index contributed by atoms with van der Waals surface area (Å²) in [6, 6.07) is 0. The lowest BCUT2D eigenvalue weighted by molar-refractivity contribution is -0.0952. The minimum Gasteiger partial charge on any atom is -0.346 e. The minimum absolute atomic E-state index is 0.412. The second-order valence-corrected chi connectivity index (χ2v) is 1.24. The molecule has 0 spiro atoms. The zero-order valence-electron chi connectivity index (χ0n) is 3.91. The van der Waals surface area contributed by atoms with E-state index in [9.17, 15) is 0 Å². The lowest BCUT2D eigenvalue weighted by Crippen LogP contribution is -2.34. The quantitative estimate of drug-likeness (QED) is 0.191. The molecule has 0 aromatic carbocycles. The van der Waals surface area contributed by atoms with Gasteiger partial charge in [0.2, 0.25) is 0 Å². The predicted molar refractivity (Wildman–Crippen MR) is 29.6 cm³/mol. The highest BCUT2D eigenvalue weighted by Gasteiger charge is 1.89. The third-order valence-corrected chi connectivity index (χ3v) is 0.709. The number of thiocarbonyl (C=S) groups is 1. The maximum Gasteiger partial charge on any atom is 0.373 e. The molecule has 0 aromatic rings. The number of hydrogen-bond acceptors (Lipinski definition) is 1. The van der Waals surface area contributed by atoms with Gasteiger partial charge in [0.1, 0.15) is 0 Å². The van der Waals surface area contributed by atoms with Gasteiger partial charge in [-0.3, -0.25) is 0 Å². The van der Waals surface area contributed by atoms with Crippen molar-refractivity contribution < 1.29 is 5.26 Å². The summed E-state index contributed by atoms with van der Waals surface area (Å²) in [5.41, 5.74) is 0. The van der Waals surface area contributed by atoms with Crippen LogP contribution in [0.25, 0.3) is 0 Å². The third kappa shape index (κ3) is 3.00. The fourth-order valence-corrected chi connectivity index (χ4v) is 0.170. The van der Waals surface area contributed by atoms with Crippen molar-refractivity contribution in [2.75, 3.05) is 7.05 Å². The summed E-state index contributed by atoms with van der Waals surface area (Å²) in [6.07, 6.45) is 1.91. The van der Waals surface area contributed by atoms with E-state index in [1.807, 2.05) is 6.19 Å². The molecular weight excluding hydrogens is 110 g/mol. The summed E-state index contributed by atoms with van der Waals surface area (Å²) >= 11 is 4.55. The molecule has 0 rings (SSSR count). The van der Waals surface area contributed by atoms with E-state index in [2.05, 4.69) is 22.9 Å². The first-order chi connectivity index (χ1) is 3.31. The molecule has 3 N–H and O–H groups in total. The van der Waals surface area contributed by atoms with Crippen molar-refractivity contribution in [3.63, 3.8) is 0 Å². The van der Waals surface area contributed by atoms with Gasteiger partial charge in [0.15, 0.2) is 0 Å². The van der Waals surface area contributed by atoms with Gasteiger partial charge >= 0.3 is 6.19 Å². The fourth-order valence-electron chi connectivity index (χ4n) is 0.119. The van der Waals surface area contributed by atoms with Gasteiger partial charge in [-0.25, -0.2) is 5.26 Å². The number of nitrogens with one attached hydrogen (secondary N) is 3. The van der Waals surface area contributed by atoms with Crippen molar-refractivity contribution in [2.45, 2.75) is 0 Å². The van der Waals surface area contributed by atoms with Crippen LogP contribution in [0.2, 0.25) is 0 Å². The van der Waals surface area contributed by atoms with Crippen molar-refractivity contribution in [3.05, 3.63) is 0 Å². The normalized spacial score (nSPS) is 6.29. The molecule has 0 aliphatic carbocycles. The van der Waals surface area contributed by atoms with Crippen LogP contribution in [0.4, 0.5) is 0 Å². The summed E-state index contributed by atoms with van der Waals surface area (Å²) in [5, 5.41) is 11.7. The lowest BCUT2D eigenvalue weighted by Gasteiger charge is -1.86. The maximum atomic E-state index is 6.35. The van der Waals surface area contributed by atoms with Crippen LogP contribution in [0.1, 0.15) is 0 Å². The van der Waals surface area contributed by atoms with E-state index in [1.165, 1.54) is 0 Å². The van der Waals surface area contributed by atoms with Crippen molar-refractivity contribution >= 4 is 17.3 Å². The number of rotatable bonds is 0. The minimum atomic E-state index is 0.412. The van der Waals surface area contributed by atoms with Crippen LogP contribution in [0.15, 0.2) is 0 Å². The summed E-state index contributed by atoms with van der Waals surface area (Å²) in [4.78, 5) is 0. The molecule has 0 amide bonds. The molecule has 7 heavy (non-hydrogen) atoms. The molecule has 0 saturated heterocycles. The molecule has 0 aliphatic rings. The molecule has 0 heterocycles. The molecule has 0 bridgehead atoms. The van der Waals surface area contributed by atoms with E-state index in [-0.39, 0.29) is 0 Å². The highest BCUT2D eigenvalue weighted by molar-refractivity contribution is 7.80. The summed E-state index contributed by atoms with van der Waals surface area (Å²) < 4.78 is 0. The molecule has 38 valence electrons. The maximum absolute atomic E-state index is 6.35. The van der Waals surface area contributed by atoms with Crippen LogP contribution in [0.3, 0.4) is 0 Å². The average Bonchev–Trinajstić information content (AvgIpc) is 1.68. The Labute approximate surface area is 47.3 Å². The van der Waals surface area contributed by atoms with Gasteiger partial charge in [-0.15, -0.1) is 0 Å². The Bertz CT molecular complexity index is 103.